The van der Waals surface area contributed by atoms with Crippen LogP contribution in [0, 0.1) is 0 Å². The molecule has 4 N–H and O–H groups in total. The Kier molecular flexibility index (Phi) is 6.48. The predicted octanol–water partition coefficient (Wildman–Crippen LogP) is 4.19. The lowest BCUT2D eigenvalue weighted by Gasteiger charge is -2.07. The smallest absolute Gasteiger partial charge is 0.191 e. The third-order valence-corrected chi connectivity index (χ3v) is 4.82. The third kappa shape index (κ3) is 5.54. The monoisotopic (exact) mass is 333 g/mol. The number of hydrogen-bond acceptors (Lipinski definition) is 4. The lowest BCUT2D eigenvalue weighted by Crippen LogP contribution is -2.21. The molecule has 0 unspecified atom stereocenters. The summed E-state index contributed by atoms with van der Waals surface area (Å²) in [5, 5.41) is 1.07. The van der Waals surface area contributed by atoms with Gasteiger partial charge in [0, 0.05) is 9.98 Å². The van der Waals surface area contributed by atoms with Gasteiger partial charge in [0.15, 0.2) is 5.96 Å². The van der Waals surface area contributed by atoms with Crippen LogP contribution in [0.1, 0.15) is 6.92 Å². The van der Waals surface area contributed by atoms with E-state index < -0.39 is 0 Å². The molecule has 2 aromatic carbocycles. The van der Waals surface area contributed by atoms with Gasteiger partial charge in [-0.3, -0.25) is 0 Å². The van der Waals surface area contributed by atoms with Gasteiger partial charge in [-0.1, -0.05) is 6.92 Å². The van der Waals surface area contributed by atoms with Crippen LogP contribution >= 0.6 is 23.5 Å². The fourth-order valence-corrected chi connectivity index (χ4v) is 3.54. The predicted molar refractivity (Wildman–Crippen MR) is 97.3 cm³/mol. The Hall–Kier alpha value is -1.79. The van der Waals surface area contributed by atoms with Gasteiger partial charge in [-0.15, -0.1) is 11.8 Å². The Morgan fingerprint density at radius 3 is 2.14 bits per heavy atom. The van der Waals surface area contributed by atoms with Crippen LogP contribution in [0.3, 0.4) is 0 Å². The van der Waals surface area contributed by atoms with Crippen molar-refractivity contribution in [2.75, 3.05) is 10.8 Å². The minimum atomic E-state index is 0.0444. The van der Waals surface area contributed by atoms with Crippen molar-refractivity contribution in [1.82, 2.24) is 0 Å². The van der Waals surface area contributed by atoms with Gasteiger partial charge in [0.2, 0.25) is 0 Å². The number of nitrogens with two attached hydrogens (primary N) is 2. The fraction of sp³-hybridized carbons (Fsp3) is 0.188. The quantitative estimate of drug-likeness (QED) is 0.261. The van der Waals surface area contributed by atoms with Crippen LogP contribution in [0.15, 0.2) is 58.4 Å². The van der Waals surface area contributed by atoms with Crippen LogP contribution in [0.5, 0.6) is 11.5 Å². The maximum absolute atomic E-state index is 5.79. The summed E-state index contributed by atoms with van der Waals surface area (Å²) in [5.41, 5.74) is 11.4. The summed E-state index contributed by atoms with van der Waals surface area (Å²) in [6, 6.07) is 15.4. The standard InChI is InChI=1S/C16H19N3OS2/c1-2-21-11-22-15-9-7-14(8-10-15)20-13-5-3-12(4-6-13)19-16(17)18/h3-10H,2,11H2,1H3,(H4,17,18,19). The average molecular weight is 333 g/mol. The summed E-state index contributed by atoms with van der Waals surface area (Å²) in [6.07, 6.45) is 0. The van der Waals surface area contributed by atoms with Crippen molar-refractivity contribution in [2.45, 2.75) is 11.8 Å². The number of hydrogen-bond donors (Lipinski definition) is 2. The van der Waals surface area contributed by atoms with Crippen molar-refractivity contribution in [2.24, 2.45) is 16.5 Å². The maximum Gasteiger partial charge on any atom is 0.191 e. The highest BCUT2D eigenvalue weighted by molar-refractivity contribution is 8.16. The molecule has 0 aliphatic rings. The number of thioether (sulfide) groups is 2. The molecule has 2 rings (SSSR count). The zero-order valence-electron chi connectivity index (χ0n) is 12.4. The lowest BCUT2D eigenvalue weighted by atomic mass is 10.3. The largest absolute Gasteiger partial charge is 0.457 e. The topological polar surface area (TPSA) is 73.6 Å². The number of guanidine groups is 1. The van der Waals surface area contributed by atoms with Gasteiger partial charge in [0.25, 0.3) is 0 Å². The molecule has 0 spiro atoms. The van der Waals surface area contributed by atoms with Crippen LogP contribution in [0.4, 0.5) is 5.69 Å². The van der Waals surface area contributed by atoms with E-state index in [4.69, 9.17) is 16.2 Å². The maximum atomic E-state index is 5.79. The molecule has 22 heavy (non-hydrogen) atoms. The SMILES string of the molecule is CCSCSc1ccc(Oc2ccc(N=C(N)N)cc2)cc1. The second-order valence-corrected chi connectivity index (χ2v) is 7.05. The van der Waals surface area contributed by atoms with Crippen LogP contribution in [-0.2, 0) is 0 Å². The Bertz CT molecular complexity index is 608. The highest BCUT2D eigenvalue weighted by Crippen LogP contribution is 2.28. The Balaban J connectivity index is 1.94. The molecular weight excluding hydrogens is 314 g/mol. The van der Waals surface area contributed by atoms with Crippen LogP contribution in [0.2, 0.25) is 0 Å². The van der Waals surface area contributed by atoms with E-state index in [1.165, 1.54) is 4.90 Å². The van der Waals surface area contributed by atoms with Crippen molar-refractivity contribution in [3.05, 3.63) is 48.5 Å². The van der Waals surface area contributed by atoms with E-state index >= 15 is 0 Å². The molecule has 0 aliphatic carbocycles. The van der Waals surface area contributed by atoms with E-state index in [-0.39, 0.29) is 5.96 Å². The van der Waals surface area contributed by atoms with Crippen molar-refractivity contribution in [3.8, 4) is 11.5 Å². The van der Waals surface area contributed by atoms with Gasteiger partial charge in [-0.2, -0.15) is 11.8 Å². The van der Waals surface area contributed by atoms with E-state index in [9.17, 15) is 0 Å². The second-order valence-electron chi connectivity index (χ2n) is 4.36. The summed E-state index contributed by atoms with van der Waals surface area (Å²) in [4.78, 5) is 5.21. The Morgan fingerprint density at radius 2 is 1.59 bits per heavy atom. The van der Waals surface area contributed by atoms with Crippen LogP contribution in [-0.4, -0.2) is 16.8 Å². The van der Waals surface area contributed by atoms with Crippen LogP contribution in [0.25, 0.3) is 0 Å². The summed E-state index contributed by atoms with van der Waals surface area (Å²) < 4.78 is 5.79. The van der Waals surface area contributed by atoms with E-state index in [1.54, 1.807) is 12.1 Å². The number of ether oxygens (including phenoxy) is 1. The summed E-state index contributed by atoms with van der Waals surface area (Å²) in [7, 11) is 0. The number of aliphatic imine (C=N–C) groups is 1. The zero-order chi connectivity index (χ0) is 15.8. The van der Waals surface area contributed by atoms with Gasteiger partial charge < -0.3 is 16.2 Å². The van der Waals surface area contributed by atoms with E-state index in [0.717, 1.165) is 22.3 Å². The van der Waals surface area contributed by atoms with E-state index in [2.05, 4.69) is 24.0 Å². The molecule has 0 atom stereocenters. The molecule has 0 bridgehead atoms. The summed E-state index contributed by atoms with van der Waals surface area (Å²) >= 11 is 3.76. The number of rotatable bonds is 7. The molecule has 0 saturated carbocycles. The summed E-state index contributed by atoms with van der Waals surface area (Å²) in [5.74, 6) is 2.74. The van der Waals surface area contributed by atoms with Crippen molar-refractivity contribution >= 4 is 35.2 Å². The molecular formula is C16H19N3OS2. The first-order valence-electron chi connectivity index (χ1n) is 6.85. The van der Waals surface area contributed by atoms with Crippen molar-refractivity contribution in [1.29, 1.82) is 0 Å². The molecule has 4 nitrogen and oxygen atoms in total. The molecule has 2 aromatic rings. The first kappa shape index (κ1) is 16.6. The van der Waals surface area contributed by atoms with Gasteiger partial charge in [0.1, 0.15) is 11.5 Å². The van der Waals surface area contributed by atoms with Gasteiger partial charge in [0.05, 0.1) is 5.69 Å². The molecule has 0 radical (unpaired) electrons. The summed E-state index contributed by atoms with van der Waals surface area (Å²) in [6.45, 7) is 2.17. The van der Waals surface area contributed by atoms with Gasteiger partial charge >= 0.3 is 0 Å². The van der Waals surface area contributed by atoms with Crippen molar-refractivity contribution in [3.63, 3.8) is 0 Å². The number of nitrogens with zero attached hydrogens (tertiary/aromatic N) is 1. The third-order valence-electron chi connectivity index (χ3n) is 2.67. The Morgan fingerprint density at radius 1 is 1.00 bits per heavy atom. The lowest BCUT2D eigenvalue weighted by molar-refractivity contribution is 0.482. The van der Waals surface area contributed by atoms with Crippen LogP contribution < -0.4 is 16.2 Å². The minimum Gasteiger partial charge on any atom is -0.457 e. The zero-order valence-corrected chi connectivity index (χ0v) is 14.0. The molecule has 0 aliphatic heterocycles. The number of benzene rings is 2. The van der Waals surface area contributed by atoms with Gasteiger partial charge in [-0.25, -0.2) is 4.99 Å². The highest BCUT2D eigenvalue weighted by Gasteiger charge is 1.99. The van der Waals surface area contributed by atoms with E-state index in [0.29, 0.717) is 5.69 Å². The minimum absolute atomic E-state index is 0.0444. The average Bonchev–Trinajstić information content (AvgIpc) is 2.51. The fourth-order valence-electron chi connectivity index (χ4n) is 1.67. The normalized spacial score (nSPS) is 10.2. The highest BCUT2D eigenvalue weighted by atomic mass is 32.2. The molecule has 6 heteroatoms. The van der Waals surface area contributed by atoms with Crippen molar-refractivity contribution < 1.29 is 4.74 Å². The van der Waals surface area contributed by atoms with Gasteiger partial charge in [-0.05, 0) is 54.3 Å². The molecule has 0 fully saturated rings. The Labute approximate surface area is 139 Å². The molecule has 0 amide bonds. The molecule has 0 aromatic heterocycles. The first-order valence-corrected chi connectivity index (χ1v) is 8.99. The molecule has 0 saturated heterocycles. The van der Waals surface area contributed by atoms with E-state index in [1.807, 2.05) is 47.8 Å². The molecule has 0 heterocycles. The second kappa shape index (κ2) is 8.60. The first-order chi connectivity index (χ1) is 10.7. The molecule has 116 valence electrons.